The first kappa shape index (κ1) is 21.2. The van der Waals surface area contributed by atoms with Gasteiger partial charge in [-0.2, -0.15) is 0 Å². The molecule has 1 aromatic heterocycles. The van der Waals surface area contributed by atoms with E-state index in [0.717, 1.165) is 48.3 Å². The second-order valence-electron chi connectivity index (χ2n) is 8.40. The van der Waals surface area contributed by atoms with Crippen molar-refractivity contribution in [3.8, 4) is 0 Å². The van der Waals surface area contributed by atoms with Crippen LogP contribution in [0.4, 0.5) is 10.1 Å². The van der Waals surface area contributed by atoms with Gasteiger partial charge in [0.15, 0.2) is 6.54 Å². The van der Waals surface area contributed by atoms with Gasteiger partial charge in [-0.25, -0.2) is 4.39 Å². The first-order valence-corrected chi connectivity index (χ1v) is 10.8. The number of aryl methyl sites for hydroxylation is 1. The number of hydrogen-bond acceptors (Lipinski definition) is 2. The van der Waals surface area contributed by atoms with Crippen LogP contribution in [0.25, 0.3) is 10.9 Å². The van der Waals surface area contributed by atoms with Crippen LogP contribution in [0.5, 0.6) is 0 Å². The Hall–Kier alpha value is -3.03. The summed E-state index contributed by atoms with van der Waals surface area (Å²) in [5.41, 5.74) is 3.17. The molecule has 1 atom stereocenters. The minimum Gasteiger partial charge on any atom is -0.358 e. The van der Waals surface area contributed by atoms with Crippen LogP contribution in [0.3, 0.4) is 0 Å². The SMILES string of the molecule is Cc1[nH]c2ccccc2c1C(=O)[C@@H](C)[NH+]1CC[NH+](CC(=O)Nc2cccc(F)c2)CC1. The average molecular weight is 425 g/mol. The van der Waals surface area contributed by atoms with Crippen LogP contribution in [0, 0.1) is 12.7 Å². The molecule has 1 amide bonds. The summed E-state index contributed by atoms with van der Waals surface area (Å²) in [4.78, 5) is 31.4. The number of aromatic amines is 1. The summed E-state index contributed by atoms with van der Waals surface area (Å²) in [5.74, 6) is -0.328. The number of rotatable bonds is 6. The Morgan fingerprint density at radius 1 is 1.10 bits per heavy atom. The zero-order valence-electron chi connectivity index (χ0n) is 17.9. The highest BCUT2D eigenvalue weighted by Crippen LogP contribution is 2.22. The number of aromatic nitrogens is 1. The molecule has 0 radical (unpaired) electrons. The van der Waals surface area contributed by atoms with E-state index >= 15 is 0 Å². The van der Waals surface area contributed by atoms with Crippen LogP contribution < -0.4 is 15.1 Å². The number of para-hydroxylation sites is 1. The van der Waals surface area contributed by atoms with E-state index in [9.17, 15) is 14.0 Å². The Balaban J connectivity index is 1.33. The summed E-state index contributed by atoms with van der Waals surface area (Å²) in [7, 11) is 0. The Bertz CT molecular complexity index is 1100. The molecule has 0 unspecified atom stereocenters. The number of ketones is 1. The lowest BCUT2D eigenvalue weighted by Gasteiger charge is -2.32. The molecular formula is C24H29FN4O2+2. The van der Waals surface area contributed by atoms with Crippen molar-refractivity contribution >= 4 is 28.3 Å². The molecule has 1 aliphatic heterocycles. The fourth-order valence-electron chi connectivity index (χ4n) is 4.53. The molecule has 2 heterocycles. The highest BCUT2D eigenvalue weighted by molar-refractivity contribution is 6.10. The molecule has 0 saturated carbocycles. The maximum absolute atomic E-state index is 13.3. The lowest BCUT2D eigenvalue weighted by Crippen LogP contribution is -3.30. The van der Waals surface area contributed by atoms with Gasteiger partial charge in [-0.1, -0.05) is 24.3 Å². The topological polar surface area (TPSA) is 70.8 Å². The first-order chi connectivity index (χ1) is 14.9. The van der Waals surface area contributed by atoms with Crippen LogP contribution in [0.15, 0.2) is 48.5 Å². The standard InChI is InChI=1S/C24H27FN4O2/c1-16-23(20-8-3-4-9-21(20)26-16)24(31)17(2)29-12-10-28(11-13-29)15-22(30)27-19-7-5-6-18(25)14-19/h3-9,14,17,26H,10-13,15H2,1-2H3,(H,27,30)/p+2/t17-/m1/s1. The van der Waals surface area contributed by atoms with Crippen LogP contribution in [0.1, 0.15) is 23.0 Å². The quantitative estimate of drug-likeness (QED) is 0.438. The lowest BCUT2D eigenvalue weighted by molar-refractivity contribution is -1.01. The van der Waals surface area contributed by atoms with E-state index in [1.807, 2.05) is 38.1 Å². The number of halogens is 1. The van der Waals surface area contributed by atoms with Crippen LogP contribution in [0.2, 0.25) is 0 Å². The number of anilines is 1. The summed E-state index contributed by atoms with van der Waals surface area (Å²) >= 11 is 0. The number of quaternary nitrogens is 2. The van der Waals surface area contributed by atoms with Gasteiger partial charge in [0.1, 0.15) is 38.0 Å². The second kappa shape index (κ2) is 8.99. The summed E-state index contributed by atoms with van der Waals surface area (Å²) < 4.78 is 13.3. The third kappa shape index (κ3) is 4.68. The molecule has 0 spiro atoms. The van der Waals surface area contributed by atoms with Crippen molar-refractivity contribution in [2.45, 2.75) is 19.9 Å². The maximum Gasteiger partial charge on any atom is 0.279 e. The number of hydrogen-bond donors (Lipinski definition) is 4. The second-order valence-corrected chi connectivity index (χ2v) is 8.40. The van der Waals surface area contributed by atoms with Gasteiger partial charge in [-0.3, -0.25) is 9.59 Å². The smallest absolute Gasteiger partial charge is 0.279 e. The first-order valence-electron chi connectivity index (χ1n) is 10.8. The summed E-state index contributed by atoms with van der Waals surface area (Å²) in [6.07, 6.45) is 0. The number of nitrogens with one attached hydrogen (secondary N) is 4. The monoisotopic (exact) mass is 424 g/mol. The number of carbonyl (C=O) groups is 2. The number of Topliss-reactive ketones (excluding diaryl/α,β-unsaturated/α-hetero) is 1. The van der Waals surface area contributed by atoms with Gasteiger partial charge >= 0.3 is 0 Å². The fraction of sp³-hybridized carbons (Fsp3) is 0.333. The van der Waals surface area contributed by atoms with Gasteiger partial charge in [0.2, 0.25) is 5.78 Å². The zero-order valence-corrected chi connectivity index (χ0v) is 17.9. The molecule has 1 aliphatic rings. The molecule has 0 aliphatic carbocycles. The Labute approximate surface area is 181 Å². The Kier molecular flexibility index (Phi) is 6.15. The molecule has 4 N–H and O–H groups in total. The van der Waals surface area contributed by atoms with Crippen molar-refractivity contribution in [2.75, 3.05) is 38.0 Å². The van der Waals surface area contributed by atoms with Crippen molar-refractivity contribution in [2.24, 2.45) is 0 Å². The fourth-order valence-corrected chi connectivity index (χ4v) is 4.53. The number of benzene rings is 2. The van der Waals surface area contributed by atoms with Crippen molar-refractivity contribution in [3.63, 3.8) is 0 Å². The van der Waals surface area contributed by atoms with Crippen LogP contribution >= 0.6 is 0 Å². The van der Waals surface area contributed by atoms with E-state index in [2.05, 4.69) is 10.3 Å². The average Bonchev–Trinajstić information content (AvgIpc) is 3.09. The largest absolute Gasteiger partial charge is 0.358 e. The third-order valence-electron chi connectivity index (χ3n) is 6.26. The number of H-pyrrole nitrogens is 1. The highest BCUT2D eigenvalue weighted by Gasteiger charge is 2.33. The molecule has 7 heteroatoms. The van der Waals surface area contributed by atoms with Gasteiger partial charge in [-0.05, 0) is 38.1 Å². The molecule has 162 valence electrons. The minimum atomic E-state index is -0.369. The molecular weight excluding hydrogens is 395 g/mol. The van der Waals surface area contributed by atoms with Gasteiger partial charge < -0.3 is 20.1 Å². The molecule has 6 nitrogen and oxygen atoms in total. The highest BCUT2D eigenvalue weighted by atomic mass is 19.1. The minimum absolute atomic E-state index is 0.123. The summed E-state index contributed by atoms with van der Waals surface area (Å²) in [6.45, 7) is 7.59. The molecule has 31 heavy (non-hydrogen) atoms. The van der Waals surface area contributed by atoms with Gasteiger partial charge in [-0.15, -0.1) is 0 Å². The predicted molar refractivity (Wildman–Crippen MR) is 118 cm³/mol. The lowest BCUT2D eigenvalue weighted by atomic mass is 10.0. The van der Waals surface area contributed by atoms with E-state index in [1.54, 1.807) is 12.1 Å². The zero-order chi connectivity index (χ0) is 22.0. The van der Waals surface area contributed by atoms with Gasteiger partial charge in [0.05, 0.1) is 5.56 Å². The molecule has 4 rings (SSSR count). The van der Waals surface area contributed by atoms with Crippen molar-refractivity contribution in [3.05, 3.63) is 65.6 Å². The number of carbonyl (C=O) groups excluding carboxylic acids is 2. The Morgan fingerprint density at radius 3 is 2.58 bits per heavy atom. The van der Waals surface area contributed by atoms with Crippen LogP contribution in [-0.2, 0) is 4.79 Å². The third-order valence-corrected chi connectivity index (χ3v) is 6.26. The van der Waals surface area contributed by atoms with E-state index < -0.39 is 0 Å². The molecule has 2 aromatic carbocycles. The molecule has 3 aromatic rings. The maximum atomic E-state index is 13.3. The Morgan fingerprint density at radius 2 is 1.84 bits per heavy atom. The van der Waals surface area contributed by atoms with Gasteiger partial charge in [0.25, 0.3) is 5.91 Å². The predicted octanol–water partition coefficient (Wildman–Crippen LogP) is 0.609. The number of piperazine rings is 1. The normalized spacial score (nSPS) is 19.8. The summed E-state index contributed by atoms with van der Waals surface area (Å²) in [6, 6.07) is 13.7. The van der Waals surface area contributed by atoms with Crippen molar-refractivity contribution in [1.29, 1.82) is 0 Å². The van der Waals surface area contributed by atoms with Crippen LogP contribution in [-0.4, -0.2) is 55.4 Å². The number of amides is 1. The summed E-state index contributed by atoms with van der Waals surface area (Å²) in [5, 5.41) is 3.74. The van der Waals surface area contributed by atoms with E-state index in [0.29, 0.717) is 12.2 Å². The van der Waals surface area contributed by atoms with E-state index in [4.69, 9.17) is 0 Å². The molecule has 1 fully saturated rings. The number of fused-ring (bicyclic) bond motifs is 1. The van der Waals surface area contributed by atoms with E-state index in [1.165, 1.54) is 21.9 Å². The molecule has 0 bridgehead atoms. The molecule has 1 saturated heterocycles. The van der Waals surface area contributed by atoms with Crippen molar-refractivity contribution in [1.82, 2.24) is 4.98 Å². The van der Waals surface area contributed by atoms with Gasteiger partial charge in [0, 0.05) is 22.3 Å². The van der Waals surface area contributed by atoms with E-state index in [-0.39, 0.29) is 23.5 Å². The van der Waals surface area contributed by atoms with Crippen molar-refractivity contribution < 1.29 is 23.8 Å².